The highest BCUT2D eigenvalue weighted by molar-refractivity contribution is 5.51. The van der Waals surface area contributed by atoms with Gasteiger partial charge in [0, 0.05) is 13.0 Å². The molecule has 0 spiro atoms. The molecule has 1 aromatic carbocycles. The van der Waals surface area contributed by atoms with Crippen molar-refractivity contribution in [3.8, 4) is 11.5 Å². The molecule has 0 saturated heterocycles. The zero-order valence-electron chi connectivity index (χ0n) is 10.4. The van der Waals surface area contributed by atoms with Gasteiger partial charge in [-0.25, -0.2) is 8.78 Å². The van der Waals surface area contributed by atoms with Crippen molar-refractivity contribution < 1.29 is 18.3 Å². The average molecular weight is 245 g/mol. The highest BCUT2D eigenvalue weighted by atomic mass is 19.3. The van der Waals surface area contributed by atoms with Gasteiger partial charge in [-0.3, -0.25) is 0 Å². The summed E-state index contributed by atoms with van der Waals surface area (Å²) < 4.78 is 37.0. The van der Waals surface area contributed by atoms with Crippen molar-refractivity contribution in [2.45, 2.75) is 25.8 Å². The van der Waals surface area contributed by atoms with Crippen molar-refractivity contribution in [1.29, 1.82) is 0 Å². The van der Waals surface area contributed by atoms with E-state index in [0.717, 1.165) is 6.92 Å². The third-order valence-corrected chi connectivity index (χ3v) is 2.50. The topological polar surface area (TPSA) is 44.5 Å². The fourth-order valence-electron chi connectivity index (χ4n) is 1.57. The second-order valence-electron chi connectivity index (χ2n) is 3.98. The summed E-state index contributed by atoms with van der Waals surface area (Å²) in [6, 6.07) is 2.61. The van der Waals surface area contributed by atoms with E-state index in [4.69, 9.17) is 15.2 Å². The van der Waals surface area contributed by atoms with E-state index in [2.05, 4.69) is 0 Å². The lowest BCUT2D eigenvalue weighted by molar-refractivity contribution is 0.0146. The first-order valence-corrected chi connectivity index (χ1v) is 5.21. The monoisotopic (exact) mass is 245 g/mol. The second-order valence-corrected chi connectivity index (χ2v) is 3.98. The summed E-state index contributed by atoms with van der Waals surface area (Å²) in [5.74, 6) is -2.70. The van der Waals surface area contributed by atoms with Gasteiger partial charge >= 0.3 is 0 Å². The quantitative estimate of drug-likeness (QED) is 0.887. The van der Waals surface area contributed by atoms with Crippen LogP contribution in [0, 0.1) is 0 Å². The maximum absolute atomic E-state index is 13.5. The number of halogens is 2. The standard InChI is InChI=1S/C12H17F2NO2/c1-7(15)8-5-9(12(2,13)14)11(17-4)10(6-8)16-3/h5-7H,15H2,1-4H3. The van der Waals surface area contributed by atoms with E-state index in [-0.39, 0.29) is 23.1 Å². The number of ether oxygens (including phenoxy) is 2. The molecule has 5 heteroatoms. The minimum absolute atomic E-state index is 0.0457. The van der Waals surface area contributed by atoms with Crippen molar-refractivity contribution in [2.75, 3.05) is 14.2 Å². The Bertz CT molecular complexity index is 400. The molecule has 1 aromatic rings. The van der Waals surface area contributed by atoms with Crippen molar-refractivity contribution >= 4 is 0 Å². The summed E-state index contributed by atoms with van der Waals surface area (Å²) in [5, 5.41) is 0. The Kier molecular flexibility index (Phi) is 3.93. The van der Waals surface area contributed by atoms with Gasteiger partial charge in [-0.05, 0) is 24.6 Å². The van der Waals surface area contributed by atoms with Gasteiger partial charge in [-0.15, -0.1) is 0 Å². The molecule has 1 unspecified atom stereocenters. The smallest absolute Gasteiger partial charge is 0.274 e. The average Bonchev–Trinajstić information content (AvgIpc) is 2.25. The van der Waals surface area contributed by atoms with Crippen LogP contribution in [0.3, 0.4) is 0 Å². The maximum Gasteiger partial charge on any atom is 0.274 e. The number of nitrogens with two attached hydrogens (primary N) is 1. The first kappa shape index (κ1) is 13.7. The van der Waals surface area contributed by atoms with Gasteiger partial charge in [0.05, 0.1) is 19.8 Å². The van der Waals surface area contributed by atoms with E-state index in [0.29, 0.717) is 5.56 Å². The lowest BCUT2D eigenvalue weighted by Crippen LogP contribution is -2.13. The number of methoxy groups -OCH3 is 2. The van der Waals surface area contributed by atoms with E-state index in [9.17, 15) is 8.78 Å². The highest BCUT2D eigenvalue weighted by Crippen LogP contribution is 2.42. The molecule has 0 radical (unpaired) electrons. The van der Waals surface area contributed by atoms with Crippen LogP contribution in [-0.2, 0) is 5.92 Å². The van der Waals surface area contributed by atoms with E-state index in [1.165, 1.54) is 20.3 Å². The van der Waals surface area contributed by atoms with E-state index in [1.54, 1.807) is 13.0 Å². The molecule has 17 heavy (non-hydrogen) atoms. The molecule has 0 aliphatic rings. The molecule has 96 valence electrons. The summed E-state index contributed by atoms with van der Waals surface area (Å²) in [6.45, 7) is 2.54. The maximum atomic E-state index is 13.5. The lowest BCUT2D eigenvalue weighted by Gasteiger charge is -2.20. The number of benzene rings is 1. The Labute approximate surface area is 99.5 Å². The van der Waals surface area contributed by atoms with Crippen molar-refractivity contribution in [3.63, 3.8) is 0 Å². The van der Waals surface area contributed by atoms with Gasteiger partial charge in [0.25, 0.3) is 5.92 Å². The fourth-order valence-corrected chi connectivity index (χ4v) is 1.57. The van der Waals surface area contributed by atoms with Crippen LogP contribution < -0.4 is 15.2 Å². The summed E-state index contributed by atoms with van der Waals surface area (Å²) in [7, 11) is 2.74. The van der Waals surface area contributed by atoms with Crippen molar-refractivity contribution in [3.05, 3.63) is 23.3 Å². The Morgan fingerprint density at radius 1 is 1.24 bits per heavy atom. The summed E-state index contributed by atoms with van der Waals surface area (Å²) in [4.78, 5) is 0. The molecule has 0 amide bonds. The van der Waals surface area contributed by atoms with Crippen LogP contribution >= 0.6 is 0 Å². The molecule has 0 saturated carbocycles. The number of hydrogen-bond donors (Lipinski definition) is 1. The molecule has 0 aliphatic heterocycles. The number of hydrogen-bond acceptors (Lipinski definition) is 3. The molecular formula is C12H17F2NO2. The second kappa shape index (κ2) is 4.87. The van der Waals surface area contributed by atoms with Crippen LogP contribution in [0.2, 0.25) is 0 Å². The Balaban J connectivity index is 3.48. The molecule has 0 heterocycles. The molecule has 0 fully saturated rings. The van der Waals surface area contributed by atoms with Crippen LogP contribution in [0.25, 0.3) is 0 Å². The number of alkyl halides is 2. The van der Waals surface area contributed by atoms with Gasteiger partial charge in [0.15, 0.2) is 11.5 Å². The molecular weight excluding hydrogens is 228 g/mol. The fraction of sp³-hybridized carbons (Fsp3) is 0.500. The predicted molar refractivity (Wildman–Crippen MR) is 61.7 cm³/mol. The molecule has 1 atom stereocenters. The Morgan fingerprint density at radius 3 is 2.18 bits per heavy atom. The largest absolute Gasteiger partial charge is 0.493 e. The zero-order valence-corrected chi connectivity index (χ0v) is 10.4. The minimum Gasteiger partial charge on any atom is -0.493 e. The SMILES string of the molecule is COc1cc(C(C)N)cc(C(C)(F)F)c1OC. The van der Waals surface area contributed by atoms with Crippen molar-refractivity contribution in [1.82, 2.24) is 0 Å². The Hall–Kier alpha value is -1.36. The normalized spacial score (nSPS) is 13.4. The Morgan fingerprint density at radius 2 is 1.82 bits per heavy atom. The van der Waals surface area contributed by atoms with E-state index >= 15 is 0 Å². The first-order chi connectivity index (χ1) is 7.81. The molecule has 0 bridgehead atoms. The zero-order chi connectivity index (χ0) is 13.2. The summed E-state index contributed by atoms with van der Waals surface area (Å²) in [6.07, 6.45) is 0. The molecule has 3 nitrogen and oxygen atoms in total. The van der Waals surface area contributed by atoms with Crippen LogP contribution in [0.15, 0.2) is 12.1 Å². The van der Waals surface area contributed by atoms with Gasteiger partial charge in [-0.1, -0.05) is 0 Å². The number of rotatable bonds is 4. The summed E-state index contributed by atoms with van der Waals surface area (Å²) in [5.41, 5.74) is 6.07. The third kappa shape index (κ3) is 2.85. The van der Waals surface area contributed by atoms with Gasteiger partial charge in [-0.2, -0.15) is 0 Å². The molecule has 1 rings (SSSR count). The van der Waals surface area contributed by atoms with Gasteiger partial charge in [0.1, 0.15) is 0 Å². The van der Waals surface area contributed by atoms with Crippen LogP contribution in [0.1, 0.15) is 31.0 Å². The third-order valence-electron chi connectivity index (χ3n) is 2.50. The van der Waals surface area contributed by atoms with Crippen LogP contribution in [-0.4, -0.2) is 14.2 Å². The first-order valence-electron chi connectivity index (χ1n) is 5.21. The van der Waals surface area contributed by atoms with Gasteiger partial charge < -0.3 is 15.2 Å². The van der Waals surface area contributed by atoms with Crippen LogP contribution in [0.4, 0.5) is 8.78 Å². The van der Waals surface area contributed by atoms with Gasteiger partial charge in [0.2, 0.25) is 0 Å². The molecule has 2 N–H and O–H groups in total. The van der Waals surface area contributed by atoms with Crippen LogP contribution in [0.5, 0.6) is 11.5 Å². The lowest BCUT2D eigenvalue weighted by atomic mass is 10.0. The van der Waals surface area contributed by atoms with E-state index in [1.807, 2.05) is 0 Å². The molecule has 0 aliphatic carbocycles. The molecule has 0 aromatic heterocycles. The minimum atomic E-state index is -3.01. The predicted octanol–water partition coefficient (Wildman–Crippen LogP) is 2.84. The van der Waals surface area contributed by atoms with E-state index < -0.39 is 5.92 Å². The highest BCUT2D eigenvalue weighted by Gasteiger charge is 2.31. The van der Waals surface area contributed by atoms with Crippen molar-refractivity contribution in [2.24, 2.45) is 5.73 Å². The summed E-state index contributed by atoms with van der Waals surface area (Å²) >= 11 is 0.